The van der Waals surface area contributed by atoms with E-state index in [9.17, 15) is 4.79 Å². The molecule has 4 rings (SSSR count). The van der Waals surface area contributed by atoms with Crippen molar-refractivity contribution in [1.82, 2.24) is 9.97 Å². The topological polar surface area (TPSA) is 84.8 Å². The maximum atomic E-state index is 10.7. The minimum atomic E-state index is -0.960. The van der Waals surface area contributed by atoms with E-state index in [1.807, 2.05) is 49.5 Å². The monoisotopic (exact) mass is 493 g/mol. The molecular weight excluding hydrogens is 462 g/mol. The molecular formula is C27H31N3O4S. The summed E-state index contributed by atoms with van der Waals surface area (Å²) in [7, 11) is 0. The molecule has 2 aromatic carbocycles. The normalized spacial score (nSPS) is 19.0. The Balaban J connectivity index is 1.48. The van der Waals surface area contributed by atoms with E-state index < -0.39 is 5.97 Å². The molecule has 1 unspecified atom stereocenters. The number of rotatable bonds is 12. The van der Waals surface area contributed by atoms with E-state index >= 15 is 0 Å². The first-order valence-electron chi connectivity index (χ1n) is 11.7. The molecule has 0 spiro atoms. The molecule has 184 valence electrons. The summed E-state index contributed by atoms with van der Waals surface area (Å²) in [6.45, 7) is 7.54. The Bertz CT molecular complexity index is 1130. The lowest BCUT2D eigenvalue weighted by Crippen LogP contribution is -2.35. The minimum absolute atomic E-state index is 0.00303. The van der Waals surface area contributed by atoms with Gasteiger partial charge in [0.1, 0.15) is 17.9 Å². The number of hydrogen-bond donors (Lipinski definition) is 1. The third-order valence-corrected chi connectivity index (χ3v) is 7.29. The number of ether oxygens (including phenoxy) is 2. The summed E-state index contributed by atoms with van der Waals surface area (Å²) in [5, 5.41) is 8.75. The second-order valence-electron chi connectivity index (χ2n) is 8.96. The van der Waals surface area contributed by atoms with Crippen LogP contribution in [0.2, 0.25) is 0 Å². The van der Waals surface area contributed by atoms with Crippen LogP contribution in [0.25, 0.3) is 22.5 Å². The summed E-state index contributed by atoms with van der Waals surface area (Å²) >= 11 is 1.66. The van der Waals surface area contributed by atoms with Crippen LogP contribution in [0.15, 0.2) is 66.9 Å². The molecule has 1 aliphatic rings. The number of nitrogens with zero attached hydrogens (tertiary/aromatic N) is 3. The third-order valence-electron chi connectivity index (χ3n) is 5.81. The van der Waals surface area contributed by atoms with Crippen molar-refractivity contribution in [3.05, 3.63) is 66.9 Å². The molecule has 8 heteroatoms. The van der Waals surface area contributed by atoms with Crippen molar-refractivity contribution in [1.29, 1.82) is 0 Å². The first-order chi connectivity index (χ1) is 16.9. The molecule has 0 bridgehead atoms. The van der Waals surface area contributed by atoms with Gasteiger partial charge in [-0.2, -0.15) is 0 Å². The molecule has 0 amide bonds. The number of carboxylic acid groups (broad SMARTS) is 1. The lowest BCUT2D eigenvalue weighted by atomic mass is 10.0. The van der Waals surface area contributed by atoms with E-state index in [0.717, 1.165) is 28.3 Å². The van der Waals surface area contributed by atoms with Crippen LogP contribution in [0.5, 0.6) is 0 Å². The summed E-state index contributed by atoms with van der Waals surface area (Å²) in [6.07, 6.45) is 1.84. The largest absolute Gasteiger partial charge is 0.480 e. The maximum Gasteiger partial charge on any atom is 0.329 e. The van der Waals surface area contributed by atoms with Crippen LogP contribution >= 0.6 is 11.8 Å². The Kier molecular flexibility index (Phi) is 8.05. The molecule has 0 radical (unpaired) electrons. The zero-order valence-electron chi connectivity index (χ0n) is 20.3. The molecule has 3 aromatic rings. The average molecular weight is 494 g/mol. The SMILES string of the molecule is CC(C)N(CCOC1S[C@@]1(C)COCC(=O)O)c1cnc(-c2ccccc2)c(-c2ccccc2)n1. The van der Waals surface area contributed by atoms with Crippen molar-refractivity contribution in [2.75, 3.05) is 31.3 Å². The molecule has 2 atom stereocenters. The molecule has 1 aliphatic heterocycles. The van der Waals surface area contributed by atoms with Gasteiger partial charge in [0.25, 0.3) is 0 Å². The molecule has 2 heterocycles. The molecule has 0 saturated carbocycles. The highest BCUT2D eigenvalue weighted by molar-refractivity contribution is 8.08. The Labute approximate surface area is 210 Å². The van der Waals surface area contributed by atoms with Gasteiger partial charge in [-0.3, -0.25) is 4.98 Å². The van der Waals surface area contributed by atoms with E-state index in [2.05, 4.69) is 43.0 Å². The van der Waals surface area contributed by atoms with E-state index in [0.29, 0.717) is 19.8 Å². The number of carboxylic acids is 1. The van der Waals surface area contributed by atoms with E-state index in [4.69, 9.17) is 24.5 Å². The summed E-state index contributed by atoms with van der Waals surface area (Å²) in [6, 6.07) is 20.4. The van der Waals surface area contributed by atoms with Crippen molar-refractivity contribution in [2.24, 2.45) is 0 Å². The van der Waals surface area contributed by atoms with Crippen LogP contribution in [-0.4, -0.2) is 63.6 Å². The van der Waals surface area contributed by atoms with E-state index in [-0.39, 0.29) is 22.8 Å². The van der Waals surface area contributed by atoms with Gasteiger partial charge in [-0.15, -0.1) is 11.8 Å². The number of anilines is 1. The molecule has 1 N–H and O–H groups in total. The second-order valence-corrected chi connectivity index (χ2v) is 10.6. The van der Waals surface area contributed by atoms with Gasteiger partial charge in [0, 0.05) is 23.7 Å². The third kappa shape index (κ3) is 6.39. The van der Waals surface area contributed by atoms with Gasteiger partial charge in [0.2, 0.25) is 0 Å². The smallest absolute Gasteiger partial charge is 0.329 e. The molecule has 1 fully saturated rings. The number of hydrogen-bond acceptors (Lipinski definition) is 7. The Morgan fingerprint density at radius 3 is 2.31 bits per heavy atom. The van der Waals surface area contributed by atoms with Crippen molar-refractivity contribution in [2.45, 2.75) is 37.0 Å². The Morgan fingerprint density at radius 1 is 1.09 bits per heavy atom. The fourth-order valence-corrected chi connectivity index (χ4v) is 4.75. The zero-order chi connectivity index (χ0) is 24.8. The van der Waals surface area contributed by atoms with Crippen LogP contribution in [0.1, 0.15) is 20.8 Å². The van der Waals surface area contributed by atoms with Gasteiger partial charge in [0.15, 0.2) is 0 Å². The van der Waals surface area contributed by atoms with Crippen molar-refractivity contribution in [3.63, 3.8) is 0 Å². The maximum absolute atomic E-state index is 10.7. The highest BCUT2D eigenvalue weighted by Gasteiger charge is 2.53. The van der Waals surface area contributed by atoms with Crippen molar-refractivity contribution >= 4 is 23.5 Å². The van der Waals surface area contributed by atoms with Crippen LogP contribution in [0.4, 0.5) is 5.82 Å². The van der Waals surface area contributed by atoms with Crippen molar-refractivity contribution < 1.29 is 19.4 Å². The first kappa shape index (κ1) is 25.2. The molecule has 1 aromatic heterocycles. The van der Waals surface area contributed by atoms with Gasteiger partial charge < -0.3 is 19.5 Å². The number of aliphatic carboxylic acids is 1. The number of carbonyl (C=O) groups is 1. The van der Waals surface area contributed by atoms with Crippen molar-refractivity contribution in [3.8, 4) is 22.5 Å². The highest BCUT2D eigenvalue weighted by Crippen LogP contribution is 2.54. The number of aromatic nitrogens is 2. The number of benzene rings is 2. The lowest BCUT2D eigenvalue weighted by molar-refractivity contribution is -0.142. The van der Waals surface area contributed by atoms with Gasteiger partial charge in [-0.1, -0.05) is 60.7 Å². The Morgan fingerprint density at radius 2 is 1.71 bits per heavy atom. The molecule has 0 aliphatic carbocycles. The fourth-order valence-electron chi connectivity index (χ4n) is 3.88. The van der Waals surface area contributed by atoms with Gasteiger partial charge in [-0.25, -0.2) is 9.78 Å². The fraction of sp³-hybridized carbons (Fsp3) is 0.370. The van der Waals surface area contributed by atoms with Crippen LogP contribution < -0.4 is 4.90 Å². The predicted octanol–water partition coefficient (Wildman–Crippen LogP) is 4.97. The first-order valence-corrected chi connectivity index (χ1v) is 12.6. The zero-order valence-corrected chi connectivity index (χ0v) is 21.1. The molecule has 35 heavy (non-hydrogen) atoms. The van der Waals surface area contributed by atoms with Crippen LogP contribution in [0.3, 0.4) is 0 Å². The predicted molar refractivity (Wildman–Crippen MR) is 140 cm³/mol. The summed E-state index contributed by atoms with van der Waals surface area (Å²) in [5.74, 6) is -0.156. The Hall–Kier alpha value is -2.94. The van der Waals surface area contributed by atoms with E-state index in [1.165, 1.54) is 0 Å². The van der Waals surface area contributed by atoms with Crippen LogP contribution in [-0.2, 0) is 14.3 Å². The van der Waals surface area contributed by atoms with E-state index in [1.54, 1.807) is 11.8 Å². The summed E-state index contributed by atoms with van der Waals surface area (Å²) < 4.78 is 11.1. The standard InChI is InChI=1S/C27H31N3O4S/c1-19(2)30(14-15-34-26-27(3,35-26)18-33-17-23(31)32)22-16-28-24(20-10-6-4-7-11-20)25(29-22)21-12-8-5-9-13-21/h4-13,16,19,26H,14-15,17-18H2,1-3H3,(H,31,32)/t26?,27-/m0/s1. The van der Waals surface area contributed by atoms with Gasteiger partial charge in [0.05, 0.1) is 35.5 Å². The van der Waals surface area contributed by atoms with Gasteiger partial charge >= 0.3 is 5.97 Å². The second kappa shape index (κ2) is 11.2. The average Bonchev–Trinajstić information content (AvgIpc) is 3.51. The highest BCUT2D eigenvalue weighted by atomic mass is 32.2. The van der Waals surface area contributed by atoms with Gasteiger partial charge in [-0.05, 0) is 20.8 Å². The molecule has 1 saturated heterocycles. The summed E-state index contributed by atoms with van der Waals surface area (Å²) in [5.41, 5.74) is 3.75. The minimum Gasteiger partial charge on any atom is -0.480 e. The number of thioether (sulfide) groups is 1. The van der Waals surface area contributed by atoms with Crippen LogP contribution in [0, 0.1) is 0 Å². The summed E-state index contributed by atoms with van der Waals surface area (Å²) in [4.78, 5) is 22.8. The quantitative estimate of drug-likeness (QED) is 0.354. The lowest BCUT2D eigenvalue weighted by Gasteiger charge is -2.28. The molecule has 7 nitrogen and oxygen atoms in total.